The number of nitrogens with zero attached hydrogens (tertiary/aromatic N) is 4. The SMILES string of the molecule is CCOC(=O)c1c(NC(=O)C(C)Sc2nnnn2-c2ccccc2)sc2c1CCCC2. The minimum absolute atomic E-state index is 0.211. The van der Waals surface area contributed by atoms with Crippen LogP contribution >= 0.6 is 23.1 Å². The van der Waals surface area contributed by atoms with Crippen molar-refractivity contribution in [1.29, 1.82) is 0 Å². The summed E-state index contributed by atoms with van der Waals surface area (Å²) < 4.78 is 6.87. The van der Waals surface area contributed by atoms with Gasteiger partial charge in [-0.15, -0.1) is 16.4 Å². The second kappa shape index (κ2) is 9.61. The normalized spacial score (nSPS) is 14.0. The minimum Gasteiger partial charge on any atom is -0.462 e. The first-order valence-electron chi connectivity index (χ1n) is 10.2. The lowest BCUT2D eigenvalue weighted by Crippen LogP contribution is -2.24. The first kappa shape index (κ1) is 21.5. The molecule has 0 bridgehead atoms. The van der Waals surface area contributed by atoms with E-state index in [2.05, 4.69) is 20.8 Å². The fourth-order valence-corrected chi connectivity index (χ4v) is 5.57. The molecule has 1 aliphatic carbocycles. The maximum atomic E-state index is 13.0. The van der Waals surface area contributed by atoms with Gasteiger partial charge in [0.25, 0.3) is 0 Å². The number of thiophene rings is 1. The number of tetrazole rings is 1. The van der Waals surface area contributed by atoms with Crippen LogP contribution in [0.15, 0.2) is 35.5 Å². The minimum atomic E-state index is -0.470. The van der Waals surface area contributed by atoms with Crippen molar-refractivity contribution in [2.75, 3.05) is 11.9 Å². The van der Waals surface area contributed by atoms with Gasteiger partial charge in [0.15, 0.2) is 0 Å². The molecule has 1 amide bonds. The summed E-state index contributed by atoms with van der Waals surface area (Å²) in [6, 6.07) is 9.51. The summed E-state index contributed by atoms with van der Waals surface area (Å²) in [5.74, 6) is -0.581. The van der Waals surface area contributed by atoms with Gasteiger partial charge in [-0.1, -0.05) is 30.0 Å². The summed E-state index contributed by atoms with van der Waals surface area (Å²) in [5, 5.41) is 15.4. The van der Waals surface area contributed by atoms with Crippen molar-refractivity contribution in [3.63, 3.8) is 0 Å². The van der Waals surface area contributed by atoms with Crippen molar-refractivity contribution in [3.8, 4) is 5.69 Å². The van der Waals surface area contributed by atoms with Gasteiger partial charge in [-0.25, -0.2) is 4.79 Å². The van der Waals surface area contributed by atoms with E-state index in [4.69, 9.17) is 4.74 Å². The van der Waals surface area contributed by atoms with Gasteiger partial charge < -0.3 is 10.1 Å². The summed E-state index contributed by atoms with van der Waals surface area (Å²) in [5.41, 5.74) is 2.36. The van der Waals surface area contributed by atoms with Gasteiger partial charge in [0.2, 0.25) is 11.1 Å². The number of fused-ring (bicyclic) bond motifs is 1. The molecule has 1 atom stereocenters. The Bertz CT molecular complexity index is 1080. The lowest BCUT2D eigenvalue weighted by Gasteiger charge is -2.13. The number of anilines is 1. The fourth-order valence-electron chi connectivity index (χ4n) is 3.48. The Hall–Kier alpha value is -2.72. The predicted octanol–water partition coefficient (Wildman–Crippen LogP) is 3.90. The standard InChI is InChI=1S/C21H23N5O3S2/c1-3-29-20(28)17-15-11-7-8-12-16(15)31-19(17)22-18(27)13(2)30-21-23-24-25-26(21)14-9-5-4-6-10-14/h4-6,9-10,13H,3,7-8,11-12H2,1-2H3,(H,22,27). The maximum absolute atomic E-state index is 13.0. The zero-order chi connectivity index (χ0) is 21.8. The predicted molar refractivity (Wildman–Crippen MR) is 120 cm³/mol. The molecular weight excluding hydrogens is 434 g/mol. The quantitative estimate of drug-likeness (QED) is 0.424. The molecule has 8 nitrogen and oxygen atoms in total. The van der Waals surface area contributed by atoms with Crippen LogP contribution in [0, 0.1) is 0 Å². The Kier molecular flexibility index (Phi) is 6.67. The zero-order valence-electron chi connectivity index (χ0n) is 17.3. The van der Waals surface area contributed by atoms with Crippen molar-refractivity contribution in [3.05, 3.63) is 46.3 Å². The number of ether oxygens (including phenoxy) is 1. The molecule has 1 aromatic carbocycles. The largest absolute Gasteiger partial charge is 0.462 e. The van der Waals surface area contributed by atoms with Crippen LogP contribution < -0.4 is 5.32 Å². The monoisotopic (exact) mass is 457 g/mol. The lowest BCUT2D eigenvalue weighted by molar-refractivity contribution is -0.115. The van der Waals surface area contributed by atoms with Crippen LogP contribution in [0.1, 0.15) is 47.5 Å². The van der Waals surface area contributed by atoms with Crippen molar-refractivity contribution in [1.82, 2.24) is 20.2 Å². The number of hydrogen-bond acceptors (Lipinski definition) is 8. The lowest BCUT2D eigenvalue weighted by atomic mass is 9.95. The van der Waals surface area contributed by atoms with Gasteiger partial charge in [-0.2, -0.15) is 4.68 Å². The number of esters is 1. The van der Waals surface area contributed by atoms with Gasteiger partial charge in [0, 0.05) is 4.88 Å². The van der Waals surface area contributed by atoms with E-state index in [1.165, 1.54) is 23.1 Å². The highest BCUT2D eigenvalue weighted by Crippen LogP contribution is 2.39. The molecular formula is C21H23N5O3S2. The number of amides is 1. The molecule has 31 heavy (non-hydrogen) atoms. The van der Waals surface area contributed by atoms with Crippen LogP contribution in [0.25, 0.3) is 5.69 Å². The van der Waals surface area contributed by atoms with Crippen LogP contribution in [0.2, 0.25) is 0 Å². The van der Waals surface area contributed by atoms with E-state index in [0.29, 0.717) is 22.3 Å². The molecule has 1 N–H and O–H groups in total. The van der Waals surface area contributed by atoms with Crippen molar-refractivity contribution >= 4 is 40.0 Å². The maximum Gasteiger partial charge on any atom is 0.341 e. The number of rotatable bonds is 7. The first-order valence-corrected chi connectivity index (χ1v) is 11.9. The molecule has 0 fully saturated rings. The molecule has 0 saturated carbocycles. The summed E-state index contributed by atoms with van der Waals surface area (Å²) in [6.07, 6.45) is 3.90. The van der Waals surface area contributed by atoms with Crippen LogP contribution in [-0.2, 0) is 22.4 Å². The summed E-state index contributed by atoms with van der Waals surface area (Å²) in [4.78, 5) is 26.7. The molecule has 1 unspecified atom stereocenters. The molecule has 10 heteroatoms. The molecule has 4 rings (SSSR count). The van der Waals surface area contributed by atoms with Crippen molar-refractivity contribution in [2.24, 2.45) is 0 Å². The zero-order valence-corrected chi connectivity index (χ0v) is 19.0. The smallest absolute Gasteiger partial charge is 0.341 e. The second-order valence-electron chi connectivity index (χ2n) is 7.09. The highest BCUT2D eigenvalue weighted by Gasteiger charge is 2.28. The van der Waals surface area contributed by atoms with Gasteiger partial charge in [-0.05, 0) is 67.7 Å². The van der Waals surface area contributed by atoms with E-state index in [1.807, 2.05) is 30.3 Å². The number of aromatic nitrogens is 4. The van der Waals surface area contributed by atoms with Gasteiger partial charge in [0.05, 0.1) is 23.1 Å². The number of aryl methyl sites for hydroxylation is 1. The highest BCUT2D eigenvalue weighted by atomic mass is 32.2. The Morgan fingerprint density at radius 2 is 2.03 bits per heavy atom. The van der Waals surface area contributed by atoms with Crippen LogP contribution in [-0.4, -0.2) is 43.9 Å². The topological polar surface area (TPSA) is 99.0 Å². The Morgan fingerprint density at radius 3 is 2.81 bits per heavy atom. The van der Waals surface area contributed by atoms with E-state index in [-0.39, 0.29) is 11.9 Å². The summed E-state index contributed by atoms with van der Waals surface area (Å²) in [7, 11) is 0. The van der Waals surface area contributed by atoms with Gasteiger partial charge in [0.1, 0.15) is 5.00 Å². The number of benzene rings is 1. The first-order chi connectivity index (χ1) is 15.1. The van der Waals surface area contributed by atoms with E-state index in [1.54, 1.807) is 18.5 Å². The third kappa shape index (κ3) is 4.64. The molecule has 1 aliphatic rings. The third-order valence-electron chi connectivity index (χ3n) is 4.98. The van der Waals surface area contributed by atoms with Crippen molar-refractivity contribution < 1.29 is 14.3 Å². The second-order valence-corrected chi connectivity index (χ2v) is 9.51. The number of nitrogens with one attached hydrogen (secondary N) is 1. The molecule has 2 heterocycles. The molecule has 0 saturated heterocycles. The molecule has 2 aromatic heterocycles. The van der Waals surface area contributed by atoms with E-state index in [9.17, 15) is 9.59 Å². The fraction of sp³-hybridized carbons (Fsp3) is 0.381. The van der Waals surface area contributed by atoms with Crippen LogP contribution in [0.3, 0.4) is 0 Å². The number of hydrogen-bond donors (Lipinski definition) is 1. The van der Waals surface area contributed by atoms with E-state index >= 15 is 0 Å². The van der Waals surface area contributed by atoms with Gasteiger partial charge in [-0.3, -0.25) is 4.79 Å². The Labute approximate surface area is 188 Å². The molecule has 0 radical (unpaired) electrons. The van der Waals surface area contributed by atoms with Gasteiger partial charge >= 0.3 is 5.97 Å². The summed E-state index contributed by atoms with van der Waals surface area (Å²) in [6.45, 7) is 3.87. The molecule has 3 aromatic rings. The third-order valence-corrected chi connectivity index (χ3v) is 7.22. The molecule has 0 aliphatic heterocycles. The average Bonchev–Trinajstić information content (AvgIpc) is 3.38. The van der Waals surface area contributed by atoms with E-state index in [0.717, 1.165) is 41.8 Å². The van der Waals surface area contributed by atoms with Crippen molar-refractivity contribution in [2.45, 2.75) is 49.9 Å². The highest BCUT2D eigenvalue weighted by molar-refractivity contribution is 8.00. The molecule has 0 spiro atoms. The number of thioether (sulfide) groups is 1. The average molecular weight is 458 g/mol. The Balaban J connectivity index is 1.52. The van der Waals surface area contributed by atoms with E-state index < -0.39 is 5.25 Å². The van der Waals surface area contributed by atoms with Crippen LogP contribution in [0.5, 0.6) is 0 Å². The van der Waals surface area contributed by atoms with Crippen LogP contribution in [0.4, 0.5) is 5.00 Å². The Morgan fingerprint density at radius 1 is 1.26 bits per heavy atom. The number of para-hydroxylation sites is 1. The molecule has 162 valence electrons. The number of carbonyl (C=O) groups is 2. The number of carbonyl (C=O) groups excluding carboxylic acids is 2. The summed E-state index contributed by atoms with van der Waals surface area (Å²) >= 11 is 2.74.